The standard InChI is InChI=1S/C17H11O4/c1-11(18)20-14-8-7-13-9-15(12-5-3-2-4-6-12)17(19)21-16(13)10-14/h3-10H,1H3. The average molecular weight is 279 g/mol. The summed E-state index contributed by atoms with van der Waals surface area (Å²) in [5.41, 5.74) is 1.20. The Morgan fingerprint density at radius 3 is 2.62 bits per heavy atom. The second-order valence-electron chi connectivity index (χ2n) is 4.53. The maximum absolute atomic E-state index is 12.1. The van der Waals surface area contributed by atoms with Crippen LogP contribution in [0.4, 0.5) is 0 Å². The maximum Gasteiger partial charge on any atom is 0.344 e. The average Bonchev–Trinajstić information content (AvgIpc) is 2.46. The molecule has 3 aromatic rings. The van der Waals surface area contributed by atoms with E-state index in [0.717, 1.165) is 10.9 Å². The number of hydrogen-bond acceptors (Lipinski definition) is 4. The first kappa shape index (κ1) is 13.1. The van der Waals surface area contributed by atoms with Crippen molar-refractivity contribution in [3.63, 3.8) is 0 Å². The Morgan fingerprint density at radius 2 is 1.90 bits per heavy atom. The molecule has 0 N–H and O–H groups in total. The van der Waals surface area contributed by atoms with E-state index in [4.69, 9.17) is 9.15 Å². The number of esters is 1. The van der Waals surface area contributed by atoms with Crippen molar-refractivity contribution >= 4 is 16.9 Å². The van der Waals surface area contributed by atoms with Crippen molar-refractivity contribution in [2.45, 2.75) is 6.92 Å². The molecule has 0 fully saturated rings. The van der Waals surface area contributed by atoms with Crippen LogP contribution in [-0.4, -0.2) is 5.97 Å². The van der Waals surface area contributed by atoms with Crippen molar-refractivity contribution < 1.29 is 13.9 Å². The van der Waals surface area contributed by atoms with Gasteiger partial charge in [0, 0.05) is 18.4 Å². The third kappa shape index (κ3) is 2.69. The minimum Gasteiger partial charge on any atom is -0.427 e. The smallest absolute Gasteiger partial charge is 0.344 e. The van der Waals surface area contributed by atoms with Gasteiger partial charge in [0.2, 0.25) is 0 Å². The van der Waals surface area contributed by atoms with Crippen molar-refractivity contribution in [1.82, 2.24) is 0 Å². The zero-order valence-electron chi connectivity index (χ0n) is 11.3. The van der Waals surface area contributed by atoms with Gasteiger partial charge >= 0.3 is 11.6 Å². The summed E-state index contributed by atoms with van der Waals surface area (Å²) in [5, 5.41) is 0.758. The number of ether oxygens (including phenoxy) is 1. The van der Waals surface area contributed by atoms with Crippen molar-refractivity contribution in [2.24, 2.45) is 0 Å². The van der Waals surface area contributed by atoms with Gasteiger partial charge < -0.3 is 9.15 Å². The third-order valence-electron chi connectivity index (χ3n) is 3.00. The van der Waals surface area contributed by atoms with Crippen LogP contribution in [0.15, 0.2) is 57.7 Å². The fraction of sp³-hybridized carbons (Fsp3) is 0.0588. The van der Waals surface area contributed by atoms with Crippen LogP contribution in [0.5, 0.6) is 5.75 Å². The van der Waals surface area contributed by atoms with E-state index in [1.54, 1.807) is 42.5 Å². The number of benzene rings is 2. The van der Waals surface area contributed by atoms with Gasteiger partial charge in [-0.3, -0.25) is 4.79 Å². The molecule has 0 aliphatic heterocycles. The summed E-state index contributed by atoms with van der Waals surface area (Å²) in [4.78, 5) is 23.0. The molecule has 0 aliphatic rings. The monoisotopic (exact) mass is 279 g/mol. The highest BCUT2D eigenvalue weighted by Gasteiger charge is 2.09. The molecule has 1 radical (unpaired) electrons. The first-order valence-corrected chi connectivity index (χ1v) is 6.36. The molecule has 1 aromatic heterocycles. The van der Waals surface area contributed by atoms with Gasteiger partial charge in [-0.25, -0.2) is 4.79 Å². The van der Waals surface area contributed by atoms with E-state index >= 15 is 0 Å². The van der Waals surface area contributed by atoms with Crippen LogP contribution in [0.25, 0.3) is 22.1 Å². The van der Waals surface area contributed by atoms with Gasteiger partial charge in [0.1, 0.15) is 11.3 Å². The van der Waals surface area contributed by atoms with Crippen LogP contribution in [-0.2, 0) is 4.79 Å². The number of hydrogen-bond donors (Lipinski definition) is 0. The van der Waals surface area contributed by atoms with E-state index in [1.165, 1.54) is 13.0 Å². The lowest BCUT2D eigenvalue weighted by Crippen LogP contribution is -2.04. The fourth-order valence-electron chi connectivity index (χ4n) is 2.09. The van der Waals surface area contributed by atoms with Crippen LogP contribution in [0.3, 0.4) is 0 Å². The zero-order valence-corrected chi connectivity index (χ0v) is 11.3. The van der Waals surface area contributed by atoms with Crippen LogP contribution in [0.2, 0.25) is 0 Å². The molecule has 103 valence electrons. The Hall–Kier alpha value is -2.88. The predicted molar refractivity (Wildman–Crippen MR) is 78.1 cm³/mol. The maximum atomic E-state index is 12.1. The molecule has 0 aliphatic carbocycles. The molecular weight excluding hydrogens is 268 g/mol. The largest absolute Gasteiger partial charge is 0.427 e. The zero-order chi connectivity index (χ0) is 14.8. The lowest BCUT2D eigenvalue weighted by atomic mass is 10.1. The first-order valence-electron chi connectivity index (χ1n) is 6.36. The Bertz CT molecular complexity index is 863. The van der Waals surface area contributed by atoms with E-state index in [2.05, 4.69) is 6.07 Å². The van der Waals surface area contributed by atoms with Gasteiger partial charge in [-0.15, -0.1) is 0 Å². The molecule has 0 unspecified atom stereocenters. The fourth-order valence-corrected chi connectivity index (χ4v) is 2.09. The van der Waals surface area contributed by atoms with Crippen LogP contribution in [0.1, 0.15) is 6.92 Å². The van der Waals surface area contributed by atoms with Crippen LogP contribution >= 0.6 is 0 Å². The topological polar surface area (TPSA) is 56.5 Å². The summed E-state index contributed by atoms with van der Waals surface area (Å²) in [6.45, 7) is 1.32. The Balaban J connectivity index is 2.13. The summed E-state index contributed by atoms with van der Waals surface area (Å²) in [7, 11) is 0. The third-order valence-corrected chi connectivity index (χ3v) is 3.00. The highest BCUT2D eigenvalue weighted by atomic mass is 16.5. The van der Waals surface area contributed by atoms with Gasteiger partial charge in [0.05, 0.1) is 5.56 Å². The number of carbonyl (C=O) groups excluding carboxylic acids is 1. The van der Waals surface area contributed by atoms with E-state index in [0.29, 0.717) is 16.9 Å². The quantitative estimate of drug-likeness (QED) is 0.410. The number of rotatable bonds is 2. The Labute approximate surface area is 120 Å². The number of fused-ring (bicyclic) bond motifs is 1. The molecule has 0 saturated heterocycles. The number of carbonyl (C=O) groups is 1. The molecule has 3 rings (SSSR count). The highest BCUT2D eigenvalue weighted by molar-refractivity contribution is 5.83. The molecule has 21 heavy (non-hydrogen) atoms. The van der Waals surface area contributed by atoms with Crippen LogP contribution < -0.4 is 10.4 Å². The van der Waals surface area contributed by atoms with E-state index < -0.39 is 11.6 Å². The van der Waals surface area contributed by atoms with Gasteiger partial charge in [-0.2, -0.15) is 0 Å². The predicted octanol–water partition coefficient (Wildman–Crippen LogP) is 3.19. The summed E-state index contributed by atoms with van der Waals surface area (Å²) in [6, 6.07) is 16.7. The van der Waals surface area contributed by atoms with E-state index in [1.807, 2.05) is 0 Å². The second-order valence-corrected chi connectivity index (χ2v) is 4.53. The van der Waals surface area contributed by atoms with Crippen LogP contribution in [0, 0.1) is 6.07 Å². The SMILES string of the molecule is CC(=O)Oc1ccc2cc(-c3cc[c]cc3)c(=O)oc2c1. The summed E-state index contributed by atoms with van der Waals surface area (Å²) in [5.74, 6) is -0.0749. The Morgan fingerprint density at radius 1 is 1.14 bits per heavy atom. The van der Waals surface area contributed by atoms with Crippen molar-refractivity contribution in [3.8, 4) is 16.9 Å². The molecule has 4 nitrogen and oxygen atoms in total. The van der Waals surface area contributed by atoms with E-state index in [9.17, 15) is 9.59 Å². The van der Waals surface area contributed by atoms with Gasteiger partial charge in [-0.05, 0) is 29.8 Å². The molecule has 0 amide bonds. The minimum atomic E-state index is -0.436. The lowest BCUT2D eigenvalue weighted by molar-refractivity contribution is -0.131. The molecule has 2 aromatic carbocycles. The summed E-state index contributed by atoms with van der Waals surface area (Å²) >= 11 is 0. The first-order chi connectivity index (χ1) is 10.1. The highest BCUT2D eigenvalue weighted by Crippen LogP contribution is 2.24. The van der Waals surface area contributed by atoms with Gasteiger partial charge in [0.15, 0.2) is 0 Å². The molecule has 0 spiro atoms. The van der Waals surface area contributed by atoms with Crippen molar-refractivity contribution in [3.05, 3.63) is 65.0 Å². The minimum absolute atomic E-state index is 0.347. The molecular formula is C17H11O4. The second kappa shape index (κ2) is 5.25. The molecule has 0 bridgehead atoms. The van der Waals surface area contributed by atoms with Gasteiger partial charge in [-0.1, -0.05) is 24.3 Å². The molecule has 0 saturated carbocycles. The lowest BCUT2D eigenvalue weighted by Gasteiger charge is -2.04. The molecule has 1 heterocycles. The van der Waals surface area contributed by atoms with Crippen molar-refractivity contribution in [2.75, 3.05) is 0 Å². The van der Waals surface area contributed by atoms with Gasteiger partial charge in [0.25, 0.3) is 0 Å². The summed E-state index contributed by atoms with van der Waals surface area (Å²) < 4.78 is 10.3. The normalized spacial score (nSPS) is 10.5. The molecule has 4 heteroatoms. The van der Waals surface area contributed by atoms with Crippen molar-refractivity contribution in [1.29, 1.82) is 0 Å². The van der Waals surface area contributed by atoms with E-state index in [-0.39, 0.29) is 0 Å². The molecule has 0 atom stereocenters. The summed E-state index contributed by atoms with van der Waals surface area (Å²) in [6.07, 6.45) is 0. The Kier molecular flexibility index (Phi) is 3.28.